The lowest BCUT2D eigenvalue weighted by Gasteiger charge is -2.16. The molecule has 1 fully saturated rings. The molecule has 0 radical (unpaired) electrons. The quantitative estimate of drug-likeness (QED) is 0.0992. The van der Waals surface area contributed by atoms with Gasteiger partial charge in [0.15, 0.2) is 5.78 Å². The maximum absolute atomic E-state index is 14.0. The third-order valence-corrected chi connectivity index (χ3v) is 8.55. The highest BCUT2D eigenvalue weighted by atomic mass is 32.2. The minimum atomic E-state index is -0.0248. The molecule has 1 saturated heterocycles. The minimum Gasteiger partial charge on any atom is -0.492 e. The molecule has 4 aromatic rings. The van der Waals surface area contributed by atoms with Gasteiger partial charge in [0.25, 0.3) is 0 Å². The smallest absolute Gasteiger partial charge is 0.194 e. The van der Waals surface area contributed by atoms with E-state index < -0.39 is 0 Å². The second kappa shape index (κ2) is 13.8. The first-order chi connectivity index (χ1) is 19.6. The number of benzene rings is 3. The van der Waals surface area contributed by atoms with Gasteiger partial charge in [-0.05, 0) is 86.6 Å². The van der Waals surface area contributed by atoms with Gasteiger partial charge in [0.05, 0.1) is 10.7 Å². The number of thiazole rings is 1. The molecular weight excluding hydrogens is 537 g/mol. The number of hydrogen-bond acceptors (Lipinski definition) is 7. The normalized spacial score (nSPS) is 14.2. The average Bonchev–Trinajstić information content (AvgIpc) is 3.67. The van der Waals surface area contributed by atoms with Gasteiger partial charge in [-0.25, -0.2) is 4.98 Å². The number of rotatable bonds is 12. The summed E-state index contributed by atoms with van der Waals surface area (Å²) in [5.41, 5.74) is 4.09. The largest absolute Gasteiger partial charge is 0.492 e. The molecule has 0 aliphatic carbocycles. The van der Waals surface area contributed by atoms with Crippen molar-refractivity contribution >= 4 is 39.4 Å². The first-order valence-electron chi connectivity index (χ1n) is 13.6. The molecule has 0 N–H and O–H groups in total. The molecule has 7 heteroatoms. The van der Waals surface area contributed by atoms with E-state index in [1.165, 1.54) is 25.9 Å². The summed E-state index contributed by atoms with van der Waals surface area (Å²) in [6.45, 7) is 6.36. The van der Waals surface area contributed by atoms with E-state index in [4.69, 9.17) is 9.47 Å². The predicted molar refractivity (Wildman–Crippen MR) is 166 cm³/mol. The Morgan fingerprint density at radius 2 is 1.52 bits per heavy atom. The van der Waals surface area contributed by atoms with Gasteiger partial charge in [-0.2, -0.15) is 0 Å². The molecule has 2 heterocycles. The van der Waals surface area contributed by atoms with Crippen LogP contribution >= 0.6 is 23.1 Å². The highest BCUT2D eigenvalue weighted by Crippen LogP contribution is 2.37. The van der Waals surface area contributed by atoms with E-state index >= 15 is 0 Å². The van der Waals surface area contributed by atoms with Crippen LogP contribution in [0.25, 0.3) is 10.5 Å². The van der Waals surface area contributed by atoms with Crippen molar-refractivity contribution in [3.05, 3.63) is 112 Å². The van der Waals surface area contributed by atoms with Crippen molar-refractivity contribution in [3.8, 4) is 11.5 Å². The molecule has 1 aromatic heterocycles. The summed E-state index contributed by atoms with van der Waals surface area (Å²) >= 11 is 3.19. The number of likely N-dealkylation sites (tertiary alicyclic amines) is 1. The van der Waals surface area contributed by atoms with E-state index in [9.17, 15) is 4.79 Å². The molecule has 0 bridgehead atoms. The molecule has 0 saturated carbocycles. The monoisotopic (exact) mass is 570 g/mol. The number of carbonyl (C=O) groups is 1. The minimum absolute atomic E-state index is 0.0248. The van der Waals surface area contributed by atoms with Gasteiger partial charge in [-0.1, -0.05) is 42.5 Å². The van der Waals surface area contributed by atoms with E-state index in [0.717, 1.165) is 39.0 Å². The topological polar surface area (TPSA) is 51.7 Å². The number of ether oxygens (including phenoxy) is 2. The van der Waals surface area contributed by atoms with Crippen molar-refractivity contribution in [3.63, 3.8) is 0 Å². The zero-order valence-electron chi connectivity index (χ0n) is 23.0. The summed E-state index contributed by atoms with van der Waals surface area (Å²) in [7, 11) is 0. The number of Topliss-reactive ketones (excluding diaryl/α,β-unsaturated/α-hetero) is 1. The second-order valence-electron chi connectivity index (χ2n) is 9.70. The van der Waals surface area contributed by atoms with E-state index in [-0.39, 0.29) is 5.78 Å². The van der Waals surface area contributed by atoms with Crippen LogP contribution < -0.4 is 9.47 Å². The number of hydrogen-bond donors (Lipinski definition) is 0. The van der Waals surface area contributed by atoms with E-state index in [2.05, 4.69) is 9.88 Å². The van der Waals surface area contributed by atoms with Crippen molar-refractivity contribution in [2.24, 2.45) is 0 Å². The molecule has 5 nitrogen and oxygen atoms in total. The molecule has 3 aromatic carbocycles. The fourth-order valence-electron chi connectivity index (χ4n) is 4.81. The second-order valence-corrected chi connectivity index (χ2v) is 11.6. The molecule has 0 atom stereocenters. The van der Waals surface area contributed by atoms with Gasteiger partial charge in [0.2, 0.25) is 0 Å². The van der Waals surface area contributed by atoms with E-state index in [1.807, 2.05) is 97.4 Å². The molecule has 206 valence electrons. The molecule has 0 unspecified atom stereocenters. The van der Waals surface area contributed by atoms with Crippen LogP contribution in [0.4, 0.5) is 0 Å². The van der Waals surface area contributed by atoms with Gasteiger partial charge in [-0.15, -0.1) is 23.1 Å². The van der Waals surface area contributed by atoms with Crippen LogP contribution in [0.2, 0.25) is 0 Å². The van der Waals surface area contributed by atoms with Crippen molar-refractivity contribution in [2.75, 3.05) is 32.5 Å². The van der Waals surface area contributed by atoms with Gasteiger partial charge < -0.3 is 9.47 Å². The summed E-state index contributed by atoms with van der Waals surface area (Å²) < 4.78 is 11.9. The molecular formula is C33H34N2O3S2. The van der Waals surface area contributed by atoms with Crippen LogP contribution in [0.5, 0.6) is 11.5 Å². The number of carbonyl (C=O) groups excluding carboxylic acids is 1. The Labute approximate surface area is 244 Å². The molecule has 0 amide bonds. The standard InChI is InChI=1S/C33H34N2O3S2/c1-24-34-28(23-40-24)22-38-30-14-10-26(11-15-30)32(36)31(25-8-4-3-5-9-25)33(39-2)27-12-16-29(17-13-27)37-21-20-35-18-6-7-19-35/h3-5,8-17,23H,6-7,18-22H2,1-2H3/b33-31+. The first kappa shape index (κ1) is 28.1. The molecule has 1 aliphatic heterocycles. The number of nitrogens with zero attached hydrogens (tertiary/aromatic N) is 2. The third-order valence-electron chi connectivity index (χ3n) is 6.88. The Balaban J connectivity index is 1.35. The van der Waals surface area contributed by atoms with Crippen LogP contribution in [0.3, 0.4) is 0 Å². The van der Waals surface area contributed by atoms with Gasteiger partial charge >= 0.3 is 0 Å². The van der Waals surface area contributed by atoms with Crippen LogP contribution in [-0.2, 0) is 6.61 Å². The number of aromatic nitrogens is 1. The predicted octanol–water partition coefficient (Wildman–Crippen LogP) is 7.62. The summed E-state index contributed by atoms with van der Waals surface area (Å²) in [5.74, 6) is 1.53. The first-order valence-corrected chi connectivity index (χ1v) is 15.7. The number of aryl methyl sites for hydroxylation is 1. The van der Waals surface area contributed by atoms with Gasteiger partial charge in [0, 0.05) is 28.0 Å². The third kappa shape index (κ3) is 7.22. The van der Waals surface area contributed by atoms with Gasteiger partial charge in [0.1, 0.15) is 24.7 Å². The Hall–Kier alpha value is -3.39. The number of allylic oxidation sites excluding steroid dienone is 1. The van der Waals surface area contributed by atoms with Crippen molar-refractivity contribution in [2.45, 2.75) is 26.4 Å². The van der Waals surface area contributed by atoms with Crippen molar-refractivity contribution < 1.29 is 14.3 Å². The summed E-state index contributed by atoms with van der Waals surface area (Å²) in [6.07, 6.45) is 4.58. The van der Waals surface area contributed by atoms with E-state index in [0.29, 0.717) is 30.1 Å². The molecule has 1 aliphatic rings. The van der Waals surface area contributed by atoms with Crippen LogP contribution in [0.15, 0.2) is 84.2 Å². The lowest BCUT2D eigenvalue weighted by Crippen LogP contribution is -2.25. The molecule has 5 rings (SSSR count). The number of ketones is 1. The Morgan fingerprint density at radius 1 is 0.875 bits per heavy atom. The zero-order chi connectivity index (χ0) is 27.7. The SMILES string of the molecule is CS/C(=C(/C(=O)c1ccc(OCc2csc(C)n2)cc1)c1ccccc1)c1ccc(OCCN2CCCC2)cc1. The highest BCUT2D eigenvalue weighted by Gasteiger charge is 2.21. The Morgan fingerprint density at radius 3 is 2.15 bits per heavy atom. The van der Waals surface area contributed by atoms with Crippen molar-refractivity contribution in [1.82, 2.24) is 9.88 Å². The maximum Gasteiger partial charge on any atom is 0.194 e. The Kier molecular flexibility index (Phi) is 9.71. The molecule has 0 spiro atoms. The summed E-state index contributed by atoms with van der Waals surface area (Å²) in [5, 5.41) is 3.02. The van der Waals surface area contributed by atoms with Gasteiger partial charge in [-0.3, -0.25) is 9.69 Å². The lowest BCUT2D eigenvalue weighted by atomic mass is 9.94. The zero-order valence-corrected chi connectivity index (χ0v) is 24.6. The lowest BCUT2D eigenvalue weighted by molar-refractivity contribution is 0.105. The highest BCUT2D eigenvalue weighted by molar-refractivity contribution is 8.08. The Bertz CT molecular complexity index is 1420. The van der Waals surface area contributed by atoms with Crippen LogP contribution in [0, 0.1) is 6.92 Å². The number of thioether (sulfide) groups is 1. The average molecular weight is 571 g/mol. The fraction of sp³-hybridized carbons (Fsp3) is 0.273. The summed E-state index contributed by atoms with van der Waals surface area (Å²) in [4.78, 5) is 21.8. The summed E-state index contributed by atoms with van der Waals surface area (Å²) in [6, 6.07) is 25.3. The fourth-order valence-corrected chi connectivity index (χ4v) is 6.20. The molecule has 40 heavy (non-hydrogen) atoms. The van der Waals surface area contributed by atoms with Crippen LogP contribution in [0.1, 0.15) is 45.0 Å². The van der Waals surface area contributed by atoms with Crippen molar-refractivity contribution in [1.29, 1.82) is 0 Å². The van der Waals surface area contributed by atoms with Crippen LogP contribution in [-0.4, -0.2) is 48.2 Å². The maximum atomic E-state index is 14.0. The van der Waals surface area contributed by atoms with E-state index in [1.54, 1.807) is 23.1 Å².